The fourth-order valence-electron chi connectivity index (χ4n) is 4.83. The van der Waals surface area contributed by atoms with Crippen molar-refractivity contribution in [3.05, 3.63) is 149 Å². The minimum atomic E-state index is -0.879. The number of amides is 2. The van der Waals surface area contributed by atoms with Crippen LogP contribution in [0, 0.1) is 0 Å². The molecular formula is C34H33N3O5. The summed E-state index contributed by atoms with van der Waals surface area (Å²) in [5.41, 5.74) is 9.96. The Balaban J connectivity index is 0.000000385. The SMILES string of the molecule is CCOC(=O)C1=C(N)CC(c2ccccc2)N(C(=O)Nc2ccccc2)C1c1ccccc1.O=C(O)c1ccccc1. The fourth-order valence-corrected chi connectivity index (χ4v) is 4.83. The van der Waals surface area contributed by atoms with Gasteiger partial charge in [0.2, 0.25) is 0 Å². The number of nitrogens with one attached hydrogen (secondary N) is 1. The molecular weight excluding hydrogens is 530 g/mol. The number of esters is 1. The van der Waals surface area contributed by atoms with Crippen molar-refractivity contribution in [2.24, 2.45) is 5.73 Å². The average molecular weight is 564 g/mol. The summed E-state index contributed by atoms with van der Waals surface area (Å²) >= 11 is 0. The minimum Gasteiger partial charge on any atom is -0.478 e. The van der Waals surface area contributed by atoms with E-state index in [0.717, 1.165) is 11.1 Å². The van der Waals surface area contributed by atoms with Crippen LogP contribution in [0.25, 0.3) is 0 Å². The number of hydrogen-bond donors (Lipinski definition) is 3. The first-order chi connectivity index (χ1) is 20.4. The van der Waals surface area contributed by atoms with E-state index in [1.54, 1.807) is 42.2 Å². The number of anilines is 1. The van der Waals surface area contributed by atoms with Crippen molar-refractivity contribution in [1.29, 1.82) is 0 Å². The summed E-state index contributed by atoms with van der Waals surface area (Å²) in [7, 11) is 0. The lowest BCUT2D eigenvalue weighted by Gasteiger charge is -2.43. The molecule has 2 unspecified atom stereocenters. The third-order valence-electron chi connectivity index (χ3n) is 6.72. The molecule has 0 saturated heterocycles. The van der Waals surface area contributed by atoms with Crippen LogP contribution >= 0.6 is 0 Å². The highest BCUT2D eigenvalue weighted by Gasteiger charge is 2.43. The lowest BCUT2D eigenvalue weighted by atomic mass is 9.85. The van der Waals surface area contributed by atoms with E-state index in [1.165, 1.54) is 0 Å². The van der Waals surface area contributed by atoms with E-state index in [9.17, 15) is 14.4 Å². The number of nitrogens with two attached hydrogens (primary N) is 1. The molecule has 0 fully saturated rings. The van der Waals surface area contributed by atoms with Crippen molar-refractivity contribution >= 4 is 23.7 Å². The van der Waals surface area contributed by atoms with Gasteiger partial charge in [0, 0.05) is 17.8 Å². The Hall–Kier alpha value is -5.37. The summed E-state index contributed by atoms with van der Waals surface area (Å²) in [5.74, 6) is -1.39. The van der Waals surface area contributed by atoms with Gasteiger partial charge in [-0.05, 0) is 42.3 Å². The first kappa shape index (κ1) is 29.6. The second-order valence-electron chi connectivity index (χ2n) is 9.48. The zero-order chi connectivity index (χ0) is 29.9. The van der Waals surface area contributed by atoms with Gasteiger partial charge in [-0.15, -0.1) is 0 Å². The third-order valence-corrected chi connectivity index (χ3v) is 6.72. The Morgan fingerprint density at radius 1 is 0.810 bits per heavy atom. The molecule has 42 heavy (non-hydrogen) atoms. The minimum absolute atomic E-state index is 0.218. The molecule has 1 aliphatic rings. The van der Waals surface area contributed by atoms with Crippen molar-refractivity contribution in [1.82, 2.24) is 4.90 Å². The fraction of sp³-hybridized carbons (Fsp3) is 0.147. The number of carbonyl (C=O) groups is 3. The van der Waals surface area contributed by atoms with E-state index >= 15 is 0 Å². The number of hydrogen-bond acceptors (Lipinski definition) is 5. The molecule has 0 aliphatic carbocycles. The lowest BCUT2D eigenvalue weighted by molar-refractivity contribution is -0.139. The lowest BCUT2D eigenvalue weighted by Crippen LogP contribution is -2.46. The van der Waals surface area contributed by atoms with Crippen LogP contribution in [0.15, 0.2) is 133 Å². The molecule has 214 valence electrons. The van der Waals surface area contributed by atoms with Gasteiger partial charge in [0.15, 0.2) is 0 Å². The number of aromatic carboxylic acids is 1. The number of rotatable bonds is 6. The van der Waals surface area contributed by atoms with Gasteiger partial charge in [-0.25, -0.2) is 14.4 Å². The maximum absolute atomic E-state index is 13.8. The van der Waals surface area contributed by atoms with Gasteiger partial charge in [-0.1, -0.05) is 97.1 Å². The Bertz CT molecular complexity index is 1510. The second-order valence-corrected chi connectivity index (χ2v) is 9.48. The van der Waals surface area contributed by atoms with Crippen LogP contribution in [0.1, 0.15) is 46.9 Å². The van der Waals surface area contributed by atoms with Gasteiger partial charge in [-0.3, -0.25) is 0 Å². The molecule has 2 amide bonds. The second kappa shape index (κ2) is 14.3. The highest BCUT2D eigenvalue weighted by molar-refractivity contribution is 5.95. The summed E-state index contributed by atoms with van der Waals surface area (Å²) in [5, 5.41) is 11.4. The predicted octanol–water partition coefficient (Wildman–Crippen LogP) is 6.57. The zero-order valence-corrected chi connectivity index (χ0v) is 23.2. The Labute approximate surface area is 245 Å². The van der Waals surface area contributed by atoms with Gasteiger partial charge < -0.3 is 25.8 Å². The Morgan fingerprint density at radius 3 is 1.81 bits per heavy atom. The zero-order valence-electron chi connectivity index (χ0n) is 23.2. The van der Waals surface area contributed by atoms with Gasteiger partial charge in [0.1, 0.15) is 0 Å². The summed E-state index contributed by atoms with van der Waals surface area (Å²) in [6.45, 7) is 1.97. The number of nitrogens with zero attached hydrogens (tertiary/aromatic N) is 1. The van der Waals surface area contributed by atoms with Gasteiger partial charge in [0.25, 0.3) is 0 Å². The molecule has 1 heterocycles. The van der Waals surface area contributed by atoms with E-state index in [1.807, 2.05) is 91.0 Å². The van der Waals surface area contributed by atoms with Gasteiger partial charge in [0.05, 0.1) is 29.8 Å². The van der Waals surface area contributed by atoms with Gasteiger partial charge in [-0.2, -0.15) is 0 Å². The number of benzene rings is 4. The summed E-state index contributed by atoms with van der Waals surface area (Å²) in [6, 6.07) is 35.4. The number of ether oxygens (including phenoxy) is 1. The van der Waals surface area contributed by atoms with Crippen molar-refractivity contribution in [2.45, 2.75) is 25.4 Å². The molecule has 1 aliphatic heterocycles. The van der Waals surface area contributed by atoms with Crippen LogP contribution in [-0.2, 0) is 9.53 Å². The summed E-state index contributed by atoms with van der Waals surface area (Å²) in [4.78, 5) is 38.7. The van der Waals surface area contributed by atoms with Crippen LogP contribution in [0.5, 0.6) is 0 Å². The molecule has 5 rings (SSSR count). The number of urea groups is 1. The third kappa shape index (κ3) is 7.22. The number of carboxylic acid groups (broad SMARTS) is 1. The average Bonchev–Trinajstić information content (AvgIpc) is 3.02. The van der Waals surface area contributed by atoms with Gasteiger partial charge >= 0.3 is 18.0 Å². The van der Waals surface area contributed by atoms with Crippen molar-refractivity contribution < 1.29 is 24.2 Å². The van der Waals surface area contributed by atoms with E-state index in [2.05, 4.69) is 5.32 Å². The molecule has 0 radical (unpaired) electrons. The molecule has 0 spiro atoms. The number of para-hydroxylation sites is 1. The summed E-state index contributed by atoms with van der Waals surface area (Å²) < 4.78 is 5.36. The number of carboxylic acids is 1. The maximum atomic E-state index is 13.8. The van der Waals surface area contributed by atoms with Crippen LogP contribution < -0.4 is 11.1 Å². The van der Waals surface area contributed by atoms with E-state index in [4.69, 9.17) is 15.6 Å². The topological polar surface area (TPSA) is 122 Å². The molecule has 2 atom stereocenters. The molecule has 4 aromatic rings. The highest BCUT2D eigenvalue weighted by atomic mass is 16.5. The van der Waals surface area contributed by atoms with Crippen molar-refractivity contribution in [3.63, 3.8) is 0 Å². The molecule has 0 bridgehead atoms. The van der Waals surface area contributed by atoms with Crippen molar-refractivity contribution in [2.75, 3.05) is 11.9 Å². The largest absolute Gasteiger partial charge is 0.478 e. The predicted molar refractivity (Wildman–Crippen MR) is 162 cm³/mol. The quantitative estimate of drug-likeness (QED) is 0.228. The maximum Gasteiger partial charge on any atom is 0.338 e. The standard InChI is InChI=1S/C27H27N3O3.C7H6O2/c1-2-33-26(31)24-22(28)18-23(19-12-6-3-7-13-19)30(25(24)20-14-8-4-9-15-20)27(32)29-21-16-10-5-11-17-21;8-7(9)6-4-2-1-3-5-6/h3-17,23,25H,2,18,28H2,1H3,(H,29,32);1-5H,(H,8,9). The Morgan fingerprint density at radius 2 is 1.31 bits per heavy atom. The van der Waals surface area contributed by atoms with Crippen LogP contribution in [0.2, 0.25) is 0 Å². The molecule has 8 heteroatoms. The van der Waals surface area contributed by atoms with E-state index < -0.39 is 18.0 Å². The summed E-state index contributed by atoms with van der Waals surface area (Å²) in [6.07, 6.45) is 0.323. The van der Waals surface area contributed by atoms with Crippen LogP contribution in [0.4, 0.5) is 10.5 Å². The first-order valence-electron chi connectivity index (χ1n) is 13.6. The molecule has 8 nitrogen and oxygen atoms in total. The monoisotopic (exact) mass is 563 g/mol. The highest BCUT2D eigenvalue weighted by Crippen LogP contribution is 2.44. The van der Waals surface area contributed by atoms with Crippen molar-refractivity contribution in [3.8, 4) is 0 Å². The number of carbonyl (C=O) groups excluding carboxylic acids is 2. The molecule has 0 saturated carbocycles. The first-order valence-corrected chi connectivity index (χ1v) is 13.6. The van der Waals surface area contributed by atoms with E-state index in [0.29, 0.717) is 28.9 Å². The molecule has 4 N–H and O–H groups in total. The van der Waals surface area contributed by atoms with Crippen LogP contribution in [0.3, 0.4) is 0 Å². The molecule has 4 aromatic carbocycles. The van der Waals surface area contributed by atoms with Crippen LogP contribution in [-0.4, -0.2) is 34.6 Å². The van der Waals surface area contributed by atoms with E-state index in [-0.39, 0.29) is 18.7 Å². The Kier molecular flexibility index (Phi) is 10.1. The molecule has 0 aromatic heterocycles. The normalized spacial score (nSPS) is 16.1. The smallest absolute Gasteiger partial charge is 0.338 e.